The summed E-state index contributed by atoms with van der Waals surface area (Å²) in [6, 6.07) is 14.7. The molecule has 0 fully saturated rings. The average Bonchev–Trinajstić information content (AvgIpc) is 2.39. The number of hydrogen-bond donors (Lipinski definition) is 3. The van der Waals surface area contributed by atoms with Crippen molar-refractivity contribution in [3.8, 4) is 5.75 Å². The van der Waals surface area contributed by atoms with Crippen LogP contribution >= 0.6 is 15.9 Å². The number of phenolic OH excluding ortho intramolecular Hbond substituents is 1. The van der Waals surface area contributed by atoms with E-state index in [9.17, 15) is 5.11 Å². The summed E-state index contributed by atoms with van der Waals surface area (Å²) in [7, 11) is 0. The molecule has 19 heavy (non-hydrogen) atoms. The molecule has 1 atom stereocenters. The van der Waals surface area contributed by atoms with E-state index in [1.165, 1.54) is 0 Å². The van der Waals surface area contributed by atoms with Crippen LogP contribution in [0.3, 0.4) is 0 Å². The molecule has 0 saturated heterocycles. The Morgan fingerprint density at radius 1 is 1.16 bits per heavy atom. The average molecular weight is 320 g/mol. The van der Waals surface area contributed by atoms with Crippen LogP contribution in [0.15, 0.2) is 53.0 Å². The minimum Gasteiger partial charge on any atom is -0.507 e. The molecule has 0 aliphatic heterocycles. The van der Waals surface area contributed by atoms with Crippen molar-refractivity contribution >= 4 is 21.6 Å². The van der Waals surface area contributed by atoms with Gasteiger partial charge in [-0.25, -0.2) is 0 Å². The second-order valence-electron chi connectivity index (χ2n) is 4.42. The van der Waals surface area contributed by atoms with Crippen LogP contribution in [0.5, 0.6) is 5.75 Å². The highest BCUT2D eigenvalue weighted by Crippen LogP contribution is 2.25. The van der Waals surface area contributed by atoms with Crippen LogP contribution in [0.1, 0.15) is 23.6 Å². The maximum absolute atomic E-state index is 9.80. The molecule has 5 N–H and O–H groups in total. The monoisotopic (exact) mass is 319 g/mol. The summed E-state index contributed by atoms with van der Waals surface area (Å²) in [5.74, 6) is 0.238. The molecule has 0 radical (unpaired) electrons. The minimum atomic E-state index is -0.138. The molecule has 0 aromatic heterocycles. The highest BCUT2D eigenvalue weighted by atomic mass is 79.9. The fourth-order valence-electron chi connectivity index (χ4n) is 2.01. The molecule has 0 bridgehead atoms. The van der Waals surface area contributed by atoms with E-state index in [0.29, 0.717) is 12.1 Å². The van der Waals surface area contributed by atoms with E-state index in [2.05, 4.69) is 21.7 Å². The first-order valence-corrected chi connectivity index (χ1v) is 6.82. The van der Waals surface area contributed by atoms with Crippen LogP contribution in [-0.4, -0.2) is 10.8 Å². The van der Waals surface area contributed by atoms with Crippen molar-refractivity contribution < 1.29 is 10.8 Å². The van der Waals surface area contributed by atoms with Gasteiger partial charge in [0, 0.05) is 22.2 Å². The molecule has 2 aromatic carbocycles. The summed E-state index contributed by atoms with van der Waals surface area (Å²) >= 11 is 3.45. The Hall–Kier alpha value is -1.65. The highest BCUT2D eigenvalue weighted by molar-refractivity contribution is 9.10. The Balaban J connectivity index is 2.16. The first-order valence-electron chi connectivity index (χ1n) is 6.03. The molecular formula is C15H16BrN2O+. The fraction of sp³-hybridized carbons (Fsp3) is 0.133. The van der Waals surface area contributed by atoms with Crippen molar-refractivity contribution in [2.24, 2.45) is 0 Å². The lowest BCUT2D eigenvalue weighted by molar-refractivity contribution is -0.424. The highest BCUT2D eigenvalue weighted by Gasteiger charge is 2.17. The van der Waals surface area contributed by atoms with E-state index in [1.54, 1.807) is 12.1 Å². The fourth-order valence-corrected chi connectivity index (χ4v) is 2.53. The molecule has 0 heterocycles. The molecule has 2 rings (SSSR count). The topological polar surface area (TPSA) is 71.7 Å². The first kappa shape index (κ1) is 13.8. The zero-order chi connectivity index (χ0) is 13.8. The third kappa shape index (κ3) is 3.22. The molecule has 0 aliphatic carbocycles. The summed E-state index contributed by atoms with van der Waals surface area (Å²) in [6.07, 6.45) is 0.486. The molecule has 0 saturated carbocycles. The van der Waals surface area contributed by atoms with Crippen LogP contribution in [0.4, 0.5) is 0 Å². The van der Waals surface area contributed by atoms with Gasteiger partial charge >= 0.3 is 0 Å². The second kappa shape index (κ2) is 5.99. The number of nitrogens with one attached hydrogen (secondary N) is 1. The maximum Gasteiger partial charge on any atom is 0.124 e. The summed E-state index contributed by atoms with van der Waals surface area (Å²) in [6.45, 7) is 0. The van der Waals surface area contributed by atoms with E-state index in [0.717, 1.165) is 15.6 Å². The van der Waals surface area contributed by atoms with Crippen molar-refractivity contribution in [1.82, 2.24) is 0 Å². The van der Waals surface area contributed by atoms with Gasteiger partial charge in [0.1, 0.15) is 11.8 Å². The van der Waals surface area contributed by atoms with E-state index in [1.807, 2.05) is 36.4 Å². The van der Waals surface area contributed by atoms with E-state index in [-0.39, 0.29) is 11.8 Å². The van der Waals surface area contributed by atoms with Gasteiger partial charge < -0.3 is 16.2 Å². The van der Waals surface area contributed by atoms with Crippen LogP contribution in [-0.2, 0) is 0 Å². The summed E-state index contributed by atoms with van der Waals surface area (Å²) < 4.78 is 0.907. The van der Waals surface area contributed by atoms with Crippen molar-refractivity contribution in [2.45, 2.75) is 12.5 Å². The lowest BCUT2D eigenvalue weighted by atomic mass is 9.97. The smallest absolute Gasteiger partial charge is 0.124 e. The summed E-state index contributed by atoms with van der Waals surface area (Å²) in [5.41, 5.74) is 6.20. The molecule has 1 unspecified atom stereocenters. The van der Waals surface area contributed by atoms with Crippen molar-refractivity contribution in [3.63, 3.8) is 0 Å². The lowest BCUT2D eigenvalue weighted by Crippen LogP contribution is -2.54. The lowest BCUT2D eigenvalue weighted by Gasteiger charge is -2.12. The van der Waals surface area contributed by atoms with Gasteiger partial charge in [0.05, 0.1) is 5.56 Å². The number of benzene rings is 2. The largest absolute Gasteiger partial charge is 0.507 e. The number of halogens is 1. The molecule has 0 spiro atoms. The Morgan fingerprint density at radius 2 is 1.79 bits per heavy atom. The molecule has 4 heteroatoms. The van der Waals surface area contributed by atoms with Gasteiger partial charge in [-0.2, -0.15) is 0 Å². The summed E-state index contributed by atoms with van der Waals surface area (Å²) in [5, 5.41) is 18.0. The minimum absolute atomic E-state index is 0.138. The van der Waals surface area contributed by atoms with E-state index in [4.69, 9.17) is 5.41 Å². The van der Waals surface area contributed by atoms with E-state index >= 15 is 0 Å². The Labute approximate surface area is 120 Å². The number of phenols is 1. The van der Waals surface area contributed by atoms with Gasteiger partial charge in [0.2, 0.25) is 0 Å². The maximum atomic E-state index is 9.80. The van der Waals surface area contributed by atoms with Crippen LogP contribution in [0.25, 0.3) is 0 Å². The Morgan fingerprint density at radius 3 is 2.47 bits per heavy atom. The van der Waals surface area contributed by atoms with Crippen molar-refractivity contribution in [1.29, 1.82) is 5.41 Å². The van der Waals surface area contributed by atoms with Gasteiger partial charge in [0.15, 0.2) is 0 Å². The van der Waals surface area contributed by atoms with Crippen molar-refractivity contribution in [2.75, 3.05) is 0 Å². The first-order chi connectivity index (χ1) is 9.09. The number of para-hydroxylation sites is 1. The number of quaternary nitrogens is 1. The molecule has 0 aliphatic rings. The molecule has 3 nitrogen and oxygen atoms in total. The van der Waals surface area contributed by atoms with Gasteiger partial charge in [0.25, 0.3) is 0 Å². The molecular weight excluding hydrogens is 304 g/mol. The summed E-state index contributed by atoms with van der Waals surface area (Å²) in [4.78, 5) is 0. The standard InChI is InChI=1S/C15H15BrN2O/c16-12-7-3-1-5-10(12)13(17)9-14(18)11-6-2-4-8-15(11)19/h1-8,14,17,19H,9,18H2/p+1. The Kier molecular flexibility index (Phi) is 4.35. The van der Waals surface area contributed by atoms with Gasteiger partial charge in [-0.3, -0.25) is 0 Å². The van der Waals surface area contributed by atoms with Crippen LogP contribution < -0.4 is 5.73 Å². The van der Waals surface area contributed by atoms with Gasteiger partial charge in [-0.15, -0.1) is 0 Å². The quantitative estimate of drug-likeness (QED) is 0.745. The second-order valence-corrected chi connectivity index (χ2v) is 5.27. The predicted molar refractivity (Wildman–Crippen MR) is 79.3 cm³/mol. The molecule has 0 amide bonds. The van der Waals surface area contributed by atoms with Gasteiger partial charge in [-0.05, 0) is 18.2 Å². The normalized spacial score (nSPS) is 12.1. The number of aromatic hydroxyl groups is 1. The zero-order valence-corrected chi connectivity index (χ0v) is 12.0. The van der Waals surface area contributed by atoms with Crippen LogP contribution in [0.2, 0.25) is 0 Å². The van der Waals surface area contributed by atoms with Crippen molar-refractivity contribution in [3.05, 3.63) is 64.1 Å². The zero-order valence-electron chi connectivity index (χ0n) is 10.4. The third-order valence-corrected chi connectivity index (χ3v) is 3.72. The third-order valence-electron chi connectivity index (χ3n) is 3.03. The SMILES string of the molecule is N=C(CC([NH3+])c1ccccc1O)c1ccccc1Br. The van der Waals surface area contributed by atoms with Gasteiger partial charge in [-0.1, -0.05) is 46.3 Å². The number of rotatable bonds is 4. The predicted octanol–water partition coefficient (Wildman–Crippen LogP) is 2.90. The molecule has 2 aromatic rings. The van der Waals surface area contributed by atoms with E-state index < -0.39 is 0 Å². The molecule has 98 valence electrons. The van der Waals surface area contributed by atoms with Crippen LogP contribution in [0, 0.1) is 5.41 Å². The Bertz CT molecular complexity index is 598. The number of hydrogen-bond acceptors (Lipinski definition) is 2.